The quantitative estimate of drug-likeness (QED) is 0.110. The lowest BCUT2D eigenvalue weighted by Gasteiger charge is -2.20. The number of nitrogens with zero attached hydrogens (tertiary/aromatic N) is 4. The van der Waals surface area contributed by atoms with Crippen molar-refractivity contribution in [2.24, 2.45) is 0 Å². The zero-order chi connectivity index (χ0) is 28.9. The van der Waals surface area contributed by atoms with Crippen molar-refractivity contribution < 1.29 is 47.7 Å². The molecule has 2 aliphatic heterocycles. The van der Waals surface area contributed by atoms with Gasteiger partial charge < -0.3 is 40.4 Å². The molecule has 2 saturated heterocycles. The molecular weight excluding hydrogens is 584 g/mol. The Balaban J connectivity index is 1.19. The van der Waals surface area contributed by atoms with Crippen molar-refractivity contribution in [1.29, 1.82) is 0 Å². The van der Waals surface area contributed by atoms with Crippen LogP contribution in [0.2, 0.25) is 0 Å². The molecule has 21 heteroatoms. The van der Waals surface area contributed by atoms with Crippen LogP contribution in [-0.4, -0.2) is 93.0 Å². The molecule has 8 N–H and O–H groups in total. The summed E-state index contributed by atoms with van der Waals surface area (Å²) < 4.78 is 49.1. The second kappa shape index (κ2) is 10.8. The highest BCUT2D eigenvalue weighted by molar-refractivity contribution is 7.71. The predicted octanol–water partition coefficient (Wildman–Crippen LogP) is -1.84. The van der Waals surface area contributed by atoms with Crippen LogP contribution in [0.5, 0.6) is 0 Å². The van der Waals surface area contributed by atoms with Crippen molar-refractivity contribution in [2.75, 3.05) is 18.9 Å². The standard InChI is InChI=1S/C19H23FN7O11PS/c20-6-2-26(19(32)24-15(6)31)10-1-7(28)8(37-10)3-35-39(33,34)36-4-9-12(29)13(30)17(38-9)27-5-22-11-14(27)23-18(21)25-16(11)40/h2,5,7-10,12-13,17,28-30H,1,3-4H2,(H,33,34)(H,24,31,32)(H3,21,23,25,40)/t7?,8-,9-,10-,12+,13+,17-/m1/s1. The zero-order valence-electron chi connectivity index (χ0n) is 20.1. The summed E-state index contributed by atoms with van der Waals surface area (Å²) in [6.45, 7) is -1.38. The van der Waals surface area contributed by atoms with Crippen molar-refractivity contribution in [2.45, 2.75) is 49.4 Å². The van der Waals surface area contributed by atoms with E-state index in [0.717, 1.165) is 4.57 Å². The highest BCUT2D eigenvalue weighted by atomic mass is 32.1. The third-order valence-electron chi connectivity index (χ3n) is 6.30. The van der Waals surface area contributed by atoms with E-state index in [1.165, 1.54) is 10.9 Å². The molecule has 3 aromatic heterocycles. The molecule has 218 valence electrons. The maximum Gasteiger partial charge on any atom is 0.472 e. The van der Waals surface area contributed by atoms with E-state index >= 15 is 0 Å². The van der Waals surface area contributed by atoms with Crippen LogP contribution in [0.1, 0.15) is 18.9 Å². The van der Waals surface area contributed by atoms with Gasteiger partial charge in [0.15, 0.2) is 11.9 Å². The van der Waals surface area contributed by atoms with Gasteiger partial charge in [-0.1, -0.05) is 12.2 Å². The van der Waals surface area contributed by atoms with E-state index in [1.807, 2.05) is 0 Å². The monoisotopic (exact) mass is 607 g/mol. The molecule has 5 heterocycles. The number of halogens is 1. The Hall–Kier alpha value is -2.91. The van der Waals surface area contributed by atoms with Crippen molar-refractivity contribution in [3.05, 3.63) is 43.8 Å². The summed E-state index contributed by atoms with van der Waals surface area (Å²) in [5.41, 5.74) is 3.90. The van der Waals surface area contributed by atoms with Crippen molar-refractivity contribution >= 4 is 37.2 Å². The van der Waals surface area contributed by atoms with Gasteiger partial charge in [0.25, 0.3) is 5.56 Å². The Kier molecular flexibility index (Phi) is 7.74. The predicted molar refractivity (Wildman–Crippen MR) is 131 cm³/mol. The molecule has 8 atom stereocenters. The lowest BCUT2D eigenvalue weighted by Crippen LogP contribution is -2.34. The van der Waals surface area contributed by atoms with E-state index in [4.69, 9.17) is 36.5 Å². The van der Waals surface area contributed by atoms with Crippen LogP contribution in [0.25, 0.3) is 11.2 Å². The number of aliphatic hydroxyl groups is 3. The number of phosphoric acid groups is 1. The Morgan fingerprint density at radius 1 is 1.15 bits per heavy atom. The van der Waals surface area contributed by atoms with Gasteiger partial charge >= 0.3 is 13.5 Å². The minimum atomic E-state index is -4.82. The molecular formula is C19H23FN7O11PS. The number of aliphatic hydroxyl groups excluding tert-OH is 3. The molecule has 0 spiro atoms. The number of hydrogen-bond acceptors (Lipinski definition) is 14. The van der Waals surface area contributed by atoms with Gasteiger partial charge in [-0.25, -0.2) is 14.3 Å². The topological polar surface area (TPSA) is 262 Å². The number of rotatable bonds is 8. The molecule has 0 saturated carbocycles. The summed E-state index contributed by atoms with van der Waals surface area (Å²) in [7, 11) is -4.82. The van der Waals surface area contributed by atoms with Crippen molar-refractivity contribution in [3.63, 3.8) is 0 Å². The second-order valence-corrected chi connectivity index (χ2v) is 10.8. The van der Waals surface area contributed by atoms with Crippen LogP contribution >= 0.6 is 20.0 Å². The number of H-pyrrole nitrogens is 2. The van der Waals surface area contributed by atoms with Crippen LogP contribution < -0.4 is 17.0 Å². The fourth-order valence-corrected chi connectivity index (χ4v) is 5.30. The van der Waals surface area contributed by atoms with E-state index in [0.29, 0.717) is 6.20 Å². The summed E-state index contributed by atoms with van der Waals surface area (Å²) in [5, 5.41) is 31.2. The largest absolute Gasteiger partial charge is 0.472 e. The second-order valence-electron chi connectivity index (χ2n) is 8.96. The number of nitrogen functional groups attached to an aromatic ring is 1. The van der Waals surface area contributed by atoms with Crippen molar-refractivity contribution in [3.8, 4) is 0 Å². The highest BCUT2D eigenvalue weighted by Crippen LogP contribution is 2.45. The molecule has 2 fully saturated rings. The Morgan fingerprint density at radius 3 is 2.58 bits per heavy atom. The van der Waals surface area contributed by atoms with E-state index in [9.17, 15) is 38.8 Å². The normalized spacial score (nSPS) is 30.2. The summed E-state index contributed by atoms with van der Waals surface area (Å²) in [5.74, 6) is -1.27. The number of aromatic nitrogens is 6. The number of hydrogen-bond donors (Lipinski definition) is 7. The van der Waals surface area contributed by atoms with Crippen molar-refractivity contribution in [1.82, 2.24) is 29.1 Å². The lowest BCUT2D eigenvalue weighted by atomic mass is 10.1. The molecule has 3 aromatic rings. The third kappa shape index (κ3) is 5.50. The van der Waals surface area contributed by atoms with E-state index < -0.39 is 81.1 Å². The minimum Gasteiger partial charge on any atom is -0.390 e. The van der Waals surface area contributed by atoms with Crippen LogP contribution in [0, 0.1) is 10.5 Å². The maximum atomic E-state index is 13.6. The van der Waals surface area contributed by atoms with Gasteiger partial charge in [-0.2, -0.15) is 9.37 Å². The summed E-state index contributed by atoms with van der Waals surface area (Å²) in [4.78, 5) is 45.8. The van der Waals surface area contributed by atoms with Crippen LogP contribution in [-0.2, 0) is 23.1 Å². The Morgan fingerprint density at radius 2 is 1.85 bits per heavy atom. The fourth-order valence-electron chi connectivity index (χ4n) is 4.31. The van der Waals surface area contributed by atoms with Gasteiger partial charge in [0.1, 0.15) is 40.8 Å². The number of imidazole rings is 1. The summed E-state index contributed by atoms with van der Waals surface area (Å²) in [6, 6.07) is 0. The van der Waals surface area contributed by atoms with E-state index in [2.05, 4.69) is 15.0 Å². The molecule has 0 aliphatic carbocycles. The Bertz CT molecular complexity index is 1640. The molecule has 0 radical (unpaired) electrons. The average molecular weight is 607 g/mol. The molecule has 0 bridgehead atoms. The molecule has 18 nitrogen and oxygen atoms in total. The zero-order valence-corrected chi connectivity index (χ0v) is 21.8. The highest BCUT2D eigenvalue weighted by Gasteiger charge is 2.46. The first-order valence-corrected chi connectivity index (χ1v) is 13.5. The van der Waals surface area contributed by atoms with Gasteiger partial charge in [-0.05, 0) is 0 Å². The SMILES string of the molecule is Nc1nc2c(ncn2[C@@H]2O[C@H](COP(=O)(O)OC[C@H]3O[C@@H](n4cc(F)c(=O)[nH]c4=O)CC3O)[C@H](O)[C@@H]2O)c(=S)[nH]1. The Labute approximate surface area is 226 Å². The number of nitrogens with one attached hydrogen (secondary N) is 2. The third-order valence-corrected chi connectivity index (χ3v) is 7.55. The van der Waals surface area contributed by atoms with Gasteiger partial charge in [0.2, 0.25) is 11.8 Å². The smallest absolute Gasteiger partial charge is 0.390 e. The number of nitrogens with two attached hydrogens (primary N) is 1. The van der Waals surface area contributed by atoms with Gasteiger partial charge in [0, 0.05) is 6.42 Å². The number of aromatic amines is 2. The first-order valence-electron chi connectivity index (χ1n) is 11.5. The van der Waals surface area contributed by atoms with Crippen LogP contribution in [0.3, 0.4) is 0 Å². The molecule has 2 unspecified atom stereocenters. The number of phosphoric ester groups is 1. The fraction of sp³-hybridized carbons (Fsp3) is 0.526. The van der Waals surface area contributed by atoms with E-state index in [-0.39, 0.29) is 28.2 Å². The minimum absolute atomic E-state index is 0.0221. The van der Waals surface area contributed by atoms with Crippen LogP contribution in [0.15, 0.2) is 22.1 Å². The molecule has 2 aliphatic rings. The van der Waals surface area contributed by atoms with E-state index in [1.54, 1.807) is 4.98 Å². The first kappa shape index (κ1) is 28.6. The number of anilines is 1. The average Bonchev–Trinajstić information content (AvgIpc) is 3.55. The first-order chi connectivity index (χ1) is 18.8. The molecule has 5 rings (SSSR count). The number of fused-ring (bicyclic) bond motifs is 1. The van der Waals surface area contributed by atoms with Gasteiger partial charge in [-0.15, -0.1) is 0 Å². The van der Waals surface area contributed by atoms with Crippen LogP contribution in [0.4, 0.5) is 10.3 Å². The summed E-state index contributed by atoms with van der Waals surface area (Å²) >= 11 is 5.14. The lowest BCUT2D eigenvalue weighted by molar-refractivity contribution is -0.0598. The van der Waals surface area contributed by atoms with Gasteiger partial charge in [-0.3, -0.25) is 28.0 Å². The molecule has 0 aromatic carbocycles. The number of ether oxygens (including phenoxy) is 2. The molecule has 0 amide bonds. The van der Waals surface area contributed by atoms with Gasteiger partial charge in [0.05, 0.1) is 31.8 Å². The molecule has 40 heavy (non-hydrogen) atoms. The maximum absolute atomic E-state index is 13.6. The summed E-state index contributed by atoms with van der Waals surface area (Å²) in [6.07, 6.45) is -7.65.